The van der Waals surface area contributed by atoms with E-state index in [2.05, 4.69) is 4.98 Å². The van der Waals surface area contributed by atoms with Crippen molar-refractivity contribution in [3.63, 3.8) is 0 Å². The second kappa shape index (κ2) is 6.03. The summed E-state index contributed by atoms with van der Waals surface area (Å²) >= 11 is 0. The van der Waals surface area contributed by atoms with Gasteiger partial charge in [0.2, 0.25) is 0 Å². The standard InChI is InChI=1S/C13H10FN.ClH/c14-13-3-1-2-12(10-13)5-4-11-6-8-15-9-7-11;/h1-10H;1H. The van der Waals surface area contributed by atoms with Crippen LogP contribution in [0.1, 0.15) is 11.1 Å². The van der Waals surface area contributed by atoms with Gasteiger partial charge in [0.1, 0.15) is 5.82 Å². The number of aromatic nitrogens is 1. The normalized spacial score (nSPS) is 10.1. The molecule has 0 saturated heterocycles. The predicted molar refractivity (Wildman–Crippen MR) is 66.8 cm³/mol. The Morgan fingerprint density at radius 1 is 0.938 bits per heavy atom. The lowest BCUT2D eigenvalue weighted by molar-refractivity contribution is 0.627. The Kier molecular flexibility index (Phi) is 4.67. The van der Waals surface area contributed by atoms with Gasteiger partial charge in [0.15, 0.2) is 0 Å². The van der Waals surface area contributed by atoms with Crippen LogP contribution in [0.5, 0.6) is 0 Å². The molecule has 0 aliphatic carbocycles. The number of hydrogen-bond acceptors (Lipinski definition) is 1. The Bertz CT molecular complexity index is 468. The van der Waals surface area contributed by atoms with E-state index < -0.39 is 0 Å². The molecule has 2 aromatic rings. The largest absolute Gasteiger partial charge is 0.265 e. The molecule has 1 heterocycles. The number of nitrogens with zero attached hydrogens (tertiary/aromatic N) is 1. The highest BCUT2D eigenvalue weighted by Crippen LogP contribution is 2.08. The van der Waals surface area contributed by atoms with Crippen LogP contribution in [0.2, 0.25) is 0 Å². The Morgan fingerprint density at radius 2 is 1.62 bits per heavy atom. The van der Waals surface area contributed by atoms with Crippen molar-refractivity contribution in [3.05, 3.63) is 65.7 Å². The van der Waals surface area contributed by atoms with Crippen molar-refractivity contribution in [1.29, 1.82) is 0 Å². The highest BCUT2D eigenvalue weighted by molar-refractivity contribution is 5.85. The molecule has 0 bridgehead atoms. The number of rotatable bonds is 2. The third-order valence-electron chi connectivity index (χ3n) is 2.02. The first kappa shape index (κ1) is 12.4. The van der Waals surface area contributed by atoms with Crippen molar-refractivity contribution in [3.8, 4) is 0 Å². The van der Waals surface area contributed by atoms with Crippen molar-refractivity contribution >= 4 is 24.6 Å². The van der Waals surface area contributed by atoms with Crippen LogP contribution in [0.25, 0.3) is 12.2 Å². The van der Waals surface area contributed by atoms with Crippen LogP contribution in [-0.4, -0.2) is 4.98 Å². The average Bonchev–Trinajstić information content (AvgIpc) is 2.28. The lowest BCUT2D eigenvalue weighted by Crippen LogP contribution is -1.76. The molecule has 0 amide bonds. The van der Waals surface area contributed by atoms with Gasteiger partial charge in [0, 0.05) is 12.4 Å². The minimum absolute atomic E-state index is 0. The molecule has 0 radical (unpaired) electrons. The molecule has 0 spiro atoms. The monoisotopic (exact) mass is 235 g/mol. The zero-order valence-corrected chi connectivity index (χ0v) is 9.32. The van der Waals surface area contributed by atoms with Crippen molar-refractivity contribution in [1.82, 2.24) is 4.98 Å². The van der Waals surface area contributed by atoms with E-state index in [9.17, 15) is 4.39 Å². The molecule has 16 heavy (non-hydrogen) atoms. The van der Waals surface area contributed by atoms with E-state index in [0.717, 1.165) is 11.1 Å². The van der Waals surface area contributed by atoms with Crippen molar-refractivity contribution in [2.45, 2.75) is 0 Å². The van der Waals surface area contributed by atoms with Crippen molar-refractivity contribution in [2.75, 3.05) is 0 Å². The predicted octanol–water partition coefficient (Wildman–Crippen LogP) is 3.81. The van der Waals surface area contributed by atoms with E-state index in [0.29, 0.717) is 0 Å². The summed E-state index contributed by atoms with van der Waals surface area (Å²) in [6.45, 7) is 0. The molecule has 0 saturated carbocycles. The molecular formula is C13H11ClFN. The SMILES string of the molecule is Cl.Fc1cccc(C=Cc2ccncc2)c1. The van der Waals surface area contributed by atoms with Crippen LogP contribution in [0.15, 0.2) is 48.8 Å². The van der Waals surface area contributed by atoms with Crippen LogP contribution in [0.4, 0.5) is 4.39 Å². The van der Waals surface area contributed by atoms with Gasteiger partial charge in [0.25, 0.3) is 0 Å². The summed E-state index contributed by atoms with van der Waals surface area (Å²) in [6.07, 6.45) is 7.26. The number of halogens is 2. The summed E-state index contributed by atoms with van der Waals surface area (Å²) in [5.41, 5.74) is 1.90. The second-order valence-electron chi connectivity index (χ2n) is 3.17. The van der Waals surface area contributed by atoms with Gasteiger partial charge < -0.3 is 0 Å². The van der Waals surface area contributed by atoms with Gasteiger partial charge in [-0.15, -0.1) is 12.4 Å². The second-order valence-corrected chi connectivity index (χ2v) is 3.17. The van der Waals surface area contributed by atoms with Crippen molar-refractivity contribution < 1.29 is 4.39 Å². The zero-order valence-electron chi connectivity index (χ0n) is 8.51. The first-order chi connectivity index (χ1) is 7.34. The van der Waals surface area contributed by atoms with Crippen LogP contribution < -0.4 is 0 Å². The third-order valence-corrected chi connectivity index (χ3v) is 2.02. The molecule has 82 valence electrons. The van der Waals surface area contributed by atoms with Gasteiger partial charge in [-0.1, -0.05) is 24.3 Å². The van der Waals surface area contributed by atoms with Gasteiger partial charge in [0.05, 0.1) is 0 Å². The van der Waals surface area contributed by atoms with E-state index >= 15 is 0 Å². The van der Waals surface area contributed by atoms with Gasteiger partial charge >= 0.3 is 0 Å². The van der Waals surface area contributed by atoms with Crippen LogP contribution >= 0.6 is 12.4 Å². The van der Waals surface area contributed by atoms with E-state index in [1.54, 1.807) is 18.5 Å². The maximum absolute atomic E-state index is 12.8. The fourth-order valence-electron chi connectivity index (χ4n) is 1.28. The fraction of sp³-hybridized carbons (Fsp3) is 0. The highest BCUT2D eigenvalue weighted by Gasteiger charge is 1.90. The Balaban J connectivity index is 0.00000128. The first-order valence-corrected chi connectivity index (χ1v) is 4.68. The lowest BCUT2D eigenvalue weighted by atomic mass is 10.1. The van der Waals surface area contributed by atoms with E-state index in [1.807, 2.05) is 30.4 Å². The summed E-state index contributed by atoms with van der Waals surface area (Å²) in [5, 5.41) is 0. The number of pyridine rings is 1. The maximum Gasteiger partial charge on any atom is 0.123 e. The fourth-order valence-corrected chi connectivity index (χ4v) is 1.28. The summed E-state index contributed by atoms with van der Waals surface area (Å²) < 4.78 is 12.8. The quantitative estimate of drug-likeness (QED) is 0.771. The minimum atomic E-state index is -0.216. The lowest BCUT2D eigenvalue weighted by Gasteiger charge is -1.94. The molecule has 0 atom stereocenters. The number of hydrogen-bond donors (Lipinski definition) is 0. The number of benzene rings is 1. The molecule has 0 unspecified atom stereocenters. The van der Waals surface area contributed by atoms with E-state index in [4.69, 9.17) is 0 Å². The van der Waals surface area contributed by atoms with Crippen LogP contribution in [0.3, 0.4) is 0 Å². The molecule has 0 N–H and O–H groups in total. The summed E-state index contributed by atoms with van der Waals surface area (Å²) in [7, 11) is 0. The molecule has 0 aliphatic rings. The molecule has 2 rings (SSSR count). The van der Waals surface area contributed by atoms with Crippen molar-refractivity contribution in [2.24, 2.45) is 0 Å². The summed E-state index contributed by atoms with van der Waals surface area (Å²) in [5.74, 6) is -0.216. The van der Waals surface area contributed by atoms with Crippen LogP contribution in [0, 0.1) is 5.82 Å². The summed E-state index contributed by atoms with van der Waals surface area (Å²) in [6, 6.07) is 10.3. The van der Waals surface area contributed by atoms with Gasteiger partial charge in [-0.2, -0.15) is 0 Å². The van der Waals surface area contributed by atoms with Gasteiger partial charge in [-0.25, -0.2) is 4.39 Å². The van der Waals surface area contributed by atoms with Gasteiger partial charge in [-0.3, -0.25) is 4.98 Å². The Hall–Kier alpha value is -1.67. The molecule has 0 aliphatic heterocycles. The Labute approximate surface area is 100 Å². The molecule has 1 nitrogen and oxygen atoms in total. The minimum Gasteiger partial charge on any atom is -0.265 e. The topological polar surface area (TPSA) is 12.9 Å². The first-order valence-electron chi connectivity index (χ1n) is 4.68. The maximum atomic E-state index is 12.8. The zero-order chi connectivity index (χ0) is 10.5. The molecule has 0 fully saturated rings. The van der Waals surface area contributed by atoms with E-state index in [1.165, 1.54) is 12.1 Å². The molecular weight excluding hydrogens is 225 g/mol. The van der Waals surface area contributed by atoms with Crippen LogP contribution in [-0.2, 0) is 0 Å². The smallest absolute Gasteiger partial charge is 0.123 e. The summed E-state index contributed by atoms with van der Waals surface area (Å²) in [4.78, 5) is 3.92. The Morgan fingerprint density at radius 3 is 2.31 bits per heavy atom. The third kappa shape index (κ3) is 3.48. The average molecular weight is 236 g/mol. The highest BCUT2D eigenvalue weighted by atomic mass is 35.5. The van der Waals surface area contributed by atoms with Gasteiger partial charge in [-0.05, 0) is 35.4 Å². The van der Waals surface area contributed by atoms with E-state index in [-0.39, 0.29) is 18.2 Å². The molecule has 3 heteroatoms. The molecule has 1 aromatic heterocycles. The molecule has 1 aromatic carbocycles.